The molecular formula is C19H15BrClNO4. The van der Waals surface area contributed by atoms with Gasteiger partial charge in [-0.1, -0.05) is 35.9 Å². The molecule has 1 heterocycles. The molecule has 7 heteroatoms. The molecule has 3 rings (SSSR count). The predicted molar refractivity (Wildman–Crippen MR) is 102 cm³/mol. The van der Waals surface area contributed by atoms with Crippen molar-refractivity contribution in [1.29, 1.82) is 0 Å². The van der Waals surface area contributed by atoms with Crippen LogP contribution < -0.4 is 5.32 Å². The SMILES string of the molecule is Cc1ccc(C)c(NC2=C(Cl)C(=O)OC2OC(=O)c2ccccc2Br)c1. The van der Waals surface area contributed by atoms with Gasteiger partial charge >= 0.3 is 11.9 Å². The summed E-state index contributed by atoms with van der Waals surface area (Å²) < 4.78 is 11.0. The molecule has 0 radical (unpaired) electrons. The van der Waals surface area contributed by atoms with E-state index in [2.05, 4.69) is 21.2 Å². The third-order valence-electron chi connectivity index (χ3n) is 3.84. The Balaban J connectivity index is 1.85. The second-order valence-corrected chi connectivity index (χ2v) is 7.03. The summed E-state index contributed by atoms with van der Waals surface area (Å²) in [5.74, 6) is -1.38. The molecule has 0 spiro atoms. The van der Waals surface area contributed by atoms with Crippen LogP contribution in [0, 0.1) is 13.8 Å². The first-order chi connectivity index (χ1) is 12.4. The summed E-state index contributed by atoms with van der Waals surface area (Å²) in [7, 11) is 0. The molecule has 1 N–H and O–H groups in total. The molecule has 2 aromatic rings. The van der Waals surface area contributed by atoms with Crippen molar-refractivity contribution in [2.45, 2.75) is 20.1 Å². The molecule has 0 saturated carbocycles. The van der Waals surface area contributed by atoms with E-state index in [-0.39, 0.29) is 10.7 Å². The predicted octanol–water partition coefficient (Wildman–Crippen LogP) is 4.67. The molecular weight excluding hydrogens is 422 g/mol. The lowest BCUT2D eigenvalue weighted by Crippen LogP contribution is -2.24. The molecule has 1 aliphatic heterocycles. The Kier molecular flexibility index (Phi) is 5.34. The van der Waals surface area contributed by atoms with Crippen molar-refractivity contribution in [1.82, 2.24) is 0 Å². The highest BCUT2D eigenvalue weighted by Crippen LogP contribution is 2.30. The smallest absolute Gasteiger partial charge is 0.355 e. The Morgan fingerprint density at radius 2 is 1.96 bits per heavy atom. The Hall–Kier alpha value is -2.31. The Morgan fingerprint density at radius 1 is 1.23 bits per heavy atom. The molecule has 0 fully saturated rings. The van der Waals surface area contributed by atoms with Crippen molar-refractivity contribution in [3.63, 3.8) is 0 Å². The zero-order valence-corrected chi connectivity index (χ0v) is 16.3. The van der Waals surface area contributed by atoms with E-state index in [4.69, 9.17) is 21.1 Å². The molecule has 134 valence electrons. The number of halogens is 2. The van der Waals surface area contributed by atoms with Gasteiger partial charge in [0, 0.05) is 10.2 Å². The average Bonchev–Trinajstić information content (AvgIpc) is 2.86. The fraction of sp³-hybridized carbons (Fsp3) is 0.158. The molecule has 26 heavy (non-hydrogen) atoms. The molecule has 0 saturated heterocycles. The number of anilines is 1. The molecule has 0 aliphatic carbocycles. The van der Waals surface area contributed by atoms with Crippen LogP contribution in [0.25, 0.3) is 0 Å². The number of esters is 2. The first-order valence-corrected chi connectivity index (χ1v) is 8.94. The fourth-order valence-corrected chi connectivity index (χ4v) is 3.05. The number of hydrogen-bond acceptors (Lipinski definition) is 5. The highest BCUT2D eigenvalue weighted by molar-refractivity contribution is 9.10. The van der Waals surface area contributed by atoms with Crippen LogP contribution in [0.5, 0.6) is 0 Å². The first-order valence-electron chi connectivity index (χ1n) is 7.77. The summed E-state index contributed by atoms with van der Waals surface area (Å²) in [4.78, 5) is 24.3. The van der Waals surface area contributed by atoms with Crippen LogP contribution in [0.2, 0.25) is 0 Å². The number of ether oxygens (including phenoxy) is 2. The van der Waals surface area contributed by atoms with Gasteiger partial charge in [0.1, 0.15) is 5.70 Å². The van der Waals surface area contributed by atoms with Crippen molar-refractivity contribution in [3.05, 3.63) is 74.4 Å². The summed E-state index contributed by atoms with van der Waals surface area (Å²) in [6.07, 6.45) is -1.24. The van der Waals surface area contributed by atoms with Crippen molar-refractivity contribution in [2.24, 2.45) is 0 Å². The fourth-order valence-electron chi connectivity index (χ4n) is 2.42. The average molecular weight is 437 g/mol. The molecule has 0 bridgehead atoms. The number of aryl methyl sites for hydroxylation is 2. The zero-order valence-electron chi connectivity index (χ0n) is 14.0. The van der Waals surface area contributed by atoms with Gasteiger partial charge < -0.3 is 14.8 Å². The van der Waals surface area contributed by atoms with Gasteiger partial charge in [-0.25, -0.2) is 9.59 Å². The monoisotopic (exact) mass is 435 g/mol. The number of hydrogen-bond donors (Lipinski definition) is 1. The van der Waals surface area contributed by atoms with Crippen LogP contribution in [0.4, 0.5) is 5.69 Å². The van der Waals surface area contributed by atoms with Crippen LogP contribution in [-0.2, 0) is 14.3 Å². The standard InChI is InChI=1S/C19H15BrClNO4/c1-10-7-8-11(2)14(9-10)22-16-15(21)18(24)26-19(16)25-17(23)12-5-3-4-6-13(12)20/h3-9,19,22H,1-2H3. The lowest BCUT2D eigenvalue weighted by atomic mass is 10.1. The molecule has 5 nitrogen and oxygen atoms in total. The van der Waals surface area contributed by atoms with Gasteiger partial charge in [0.15, 0.2) is 5.03 Å². The number of carbonyl (C=O) groups excluding carboxylic acids is 2. The van der Waals surface area contributed by atoms with Crippen LogP contribution in [0.1, 0.15) is 21.5 Å². The number of benzene rings is 2. The minimum Gasteiger partial charge on any atom is -0.415 e. The van der Waals surface area contributed by atoms with E-state index in [0.717, 1.165) is 16.8 Å². The minimum absolute atomic E-state index is 0.143. The van der Waals surface area contributed by atoms with Gasteiger partial charge in [-0.2, -0.15) is 0 Å². The Morgan fingerprint density at radius 3 is 2.69 bits per heavy atom. The maximum atomic E-state index is 12.4. The molecule has 1 atom stereocenters. The number of cyclic esters (lactones) is 1. The third-order valence-corrected chi connectivity index (χ3v) is 4.89. The van der Waals surface area contributed by atoms with E-state index in [1.54, 1.807) is 24.3 Å². The van der Waals surface area contributed by atoms with Gasteiger partial charge in [0.25, 0.3) is 6.29 Å². The third kappa shape index (κ3) is 3.76. The number of nitrogens with one attached hydrogen (secondary N) is 1. The summed E-state index contributed by atoms with van der Waals surface area (Å²) in [6, 6.07) is 12.6. The van der Waals surface area contributed by atoms with E-state index in [0.29, 0.717) is 10.0 Å². The van der Waals surface area contributed by atoms with E-state index in [9.17, 15) is 9.59 Å². The van der Waals surface area contributed by atoms with E-state index >= 15 is 0 Å². The van der Waals surface area contributed by atoms with Crippen molar-refractivity contribution in [2.75, 3.05) is 5.32 Å². The van der Waals surface area contributed by atoms with Crippen LogP contribution in [-0.4, -0.2) is 18.2 Å². The van der Waals surface area contributed by atoms with Crippen molar-refractivity contribution in [3.8, 4) is 0 Å². The summed E-state index contributed by atoms with van der Waals surface area (Å²) in [6.45, 7) is 3.86. The van der Waals surface area contributed by atoms with Crippen LogP contribution >= 0.6 is 27.5 Å². The molecule has 1 aliphatic rings. The first kappa shape index (κ1) is 18.5. The van der Waals surface area contributed by atoms with Gasteiger partial charge in [-0.15, -0.1) is 0 Å². The maximum Gasteiger partial charge on any atom is 0.355 e. The highest BCUT2D eigenvalue weighted by Gasteiger charge is 2.37. The van der Waals surface area contributed by atoms with Gasteiger partial charge in [0.2, 0.25) is 0 Å². The van der Waals surface area contributed by atoms with E-state index in [1.807, 2.05) is 32.0 Å². The second-order valence-electron chi connectivity index (χ2n) is 5.79. The molecule has 1 unspecified atom stereocenters. The second kappa shape index (κ2) is 7.51. The summed E-state index contributed by atoms with van der Waals surface area (Å²) in [5, 5.41) is 2.92. The highest BCUT2D eigenvalue weighted by atomic mass is 79.9. The van der Waals surface area contributed by atoms with Crippen LogP contribution in [0.15, 0.2) is 57.7 Å². The zero-order chi connectivity index (χ0) is 18.8. The van der Waals surface area contributed by atoms with Gasteiger partial charge in [-0.05, 0) is 59.1 Å². The summed E-state index contributed by atoms with van der Waals surface area (Å²) in [5.41, 5.74) is 3.24. The van der Waals surface area contributed by atoms with Crippen molar-refractivity contribution >= 4 is 45.2 Å². The Labute approximate surface area is 164 Å². The minimum atomic E-state index is -1.24. The Bertz CT molecular complexity index is 926. The van der Waals surface area contributed by atoms with E-state index in [1.165, 1.54) is 0 Å². The quantitative estimate of drug-likeness (QED) is 0.706. The maximum absolute atomic E-state index is 12.4. The lowest BCUT2D eigenvalue weighted by Gasteiger charge is -2.18. The van der Waals surface area contributed by atoms with E-state index < -0.39 is 18.2 Å². The van der Waals surface area contributed by atoms with Crippen molar-refractivity contribution < 1.29 is 19.1 Å². The topological polar surface area (TPSA) is 64.6 Å². The van der Waals surface area contributed by atoms with Gasteiger partial charge in [0.05, 0.1) is 5.56 Å². The molecule has 2 aromatic carbocycles. The molecule has 0 amide bonds. The van der Waals surface area contributed by atoms with Gasteiger partial charge in [-0.3, -0.25) is 0 Å². The largest absolute Gasteiger partial charge is 0.415 e. The summed E-state index contributed by atoms with van der Waals surface area (Å²) >= 11 is 9.36. The lowest BCUT2D eigenvalue weighted by molar-refractivity contribution is -0.152. The van der Waals surface area contributed by atoms with Crippen LogP contribution in [0.3, 0.4) is 0 Å². The normalized spacial score (nSPS) is 16.5. The number of carbonyl (C=O) groups is 2. The molecule has 0 aromatic heterocycles. The number of rotatable bonds is 4.